The van der Waals surface area contributed by atoms with E-state index in [9.17, 15) is 0 Å². The Hall–Kier alpha value is -0.0200. The van der Waals surface area contributed by atoms with Crippen LogP contribution in [0.5, 0.6) is 0 Å². The van der Waals surface area contributed by atoms with E-state index in [1.165, 1.54) is 24.9 Å². The third-order valence-electron chi connectivity index (χ3n) is 2.71. The maximum atomic E-state index is 3.56. The summed E-state index contributed by atoms with van der Waals surface area (Å²) >= 11 is 7.05. The van der Waals surface area contributed by atoms with E-state index in [4.69, 9.17) is 0 Å². The Labute approximate surface area is 108 Å². The quantitative estimate of drug-likeness (QED) is 0.834. The van der Waals surface area contributed by atoms with E-state index in [2.05, 4.69) is 56.2 Å². The third kappa shape index (κ3) is 3.49. The summed E-state index contributed by atoms with van der Waals surface area (Å²) in [7, 11) is 0. The molecule has 1 nitrogen and oxygen atoms in total. The highest BCUT2D eigenvalue weighted by molar-refractivity contribution is 9.11. The van der Waals surface area contributed by atoms with Crippen LogP contribution in [0.25, 0.3) is 0 Å². The Bertz CT molecular complexity index is 347. The van der Waals surface area contributed by atoms with Gasteiger partial charge in [0.1, 0.15) is 0 Å². The molecule has 0 heterocycles. The molecular formula is C12H15Br2N. The van der Waals surface area contributed by atoms with E-state index in [0.29, 0.717) is 6.04 Å². The lowest BCUT2D eigenvalue weighted by molar-refractivity contribution is 0.642. The van der Waals surface area contributed by atoms with E-state index in [0.717, 1.165) is 14.9 Å². The van der Waals surface area contributed by atoms with Gasteiger partial charge < -0.3 is 5.32 Å². The lowest BCUT2D eigenvalue weighted by atomic mass is 10.1. The van der Waals surface area contributed by atoms with Gasteiger partial charge in [0, 0.05) is 20.7 Å². The molecule has 0 aromatic heterocycles. The van der Waals surface area contributed by atoms with Gasteiger partial charge in [0.15, 0.2) is 0 Å². The van der Waals surface area contributed by atoms with Crippen LogP contribution in [0.3, 0.4) is 0 Å². The molecule has 0 saturated heterocycles. The van der Waals surface area contributed by atoms with Crippen molar-refractivity contribution in [2.24, 2.45) is 5.92 Å². The van der Waals surface area contributed by atoms with Crippen LogP contribution in [-0.2, 0) is 0 Å². The molecule has 0 spiro atoms. The predicted octanol–water partition coefficient (Wildman–Crippen LogP) is 4.81. The minimum atomic E-state index is 0.558. The van der Waals surface area contributed by atoms with Crippen LogP contribution in [0.2, 0.25) is 0 Å². The highest BCUT2D eigenvalue weighted by Gasteiger charge is 2.23. The SMILES string of the molecule is CC(CC1CC1)Nc1cc(Br)ccc1Br. The Kier molecular flexibility index (Phi) is 3.73. The van der Waals surface area contributed by atoms with Crippen molar-refractivity contribution in [3.05, 3.63) is 27.1 Å². The van der Waals surface area contributed by atoms with Crippen molar-refractivity contribution in [3.63, 3.8) is 0 Å². The van der Waals surface area contributed by atoms with Crippen molar-refractivity contribution in [3.8, 4) is 0 Å². The van der Waals surface area contributed by atoms with Crippen molar-refractivity contribution in [1.29, 1.82) is 0 Å². The topological polar surface area (TPSA) is 12.0 Å². The predicted molar refractivity (Wildman–Crippen MR) is 72.3 cm³/mol. The second-order valence-electron chi connectivity index (χ2n) is 4.35. The van der Waals surface area contributed by atoms with Gasteiger partial charge in [-0.25, -0.2) is 0 Å². The maximum absolute atomic E-state index is 3.56. The maximum Gasteiger partial charge on any atom is 0.0497 e. The molecule has 0 bridgehead atoms. The number of rotatable bonds is 4. The summed E-state index contributed by atoms with van der Waals surface area (Å²) in [6.45, 7) is 2.26. The molecule has 1 saturated carbocycles. The summed E-state index contributed by atoms with van der Waals surface area (Å²) in [5, 5.41) is 3.55. The lowest BCUT2D eigenvalue weighted by Crippen LogP contribution is -2.15. The van der Waals surface area contributed by atoms with Crippen molar-refractivity contribution < 1.29 is 0 Å². The summed E-state index contributed by atoms with van der Waals surface area (Å²) in [6.07, 6.45) is 4.14. The number of nitrogens with one attached hydrogen (secondary N) is 1. The summed E-state index contributed by atoms with van der Waals surface area (Å²) in [4.78, 5) is 0. The van der Waals surface area contributed by atoms with Crippen LogP contribution in [-0.4, -0.2) is 6.04 Å². The van der Waals surface area contributed by atoms with Gasteiger partial charge >= 0.3 is 0 Å². The summed E-state index contributed by atoms with van der Waals surface area (Å²) in [6, 6.07) is 6.79. The van der Waals surface area contributed by atoms with E-state index < -0.39 is 0 Å². The summed E-state index contributed by atoms with van der Waals surface area (Å²) < 4.78 is 2.25. The van der Waals surface area contributed by atoms with E-state index in [1.807, 2.05) is 6.07 Å². The number of hydrogen-bond acceptors (Lipinski definition) is 1. The molecule has 1 unspecified atom stereocenters. The Morgan fingerprint density at radius 3 is 2.80 bits per heavy atom. The molecule has 82 valence electrons. The first kappa shape index (κ1) is 11.5. The largest absolute Gasteiger partial charge is 0.382 e. The van der Waals surface area contributed by atoms with Gasteiger partial charge in [-0.2, -0.15) is 0 Å². The molecule has 0 radical (unpaired) electrons. The van der Waals surface area contributed by atoms with Gasteiger partial charge in [-0.3, -0.25) is 0 Å². The van der Waals surface area contributed by atoms with Gasteiger partial charge in [-0.15, -0.1) is 0 Å². The summed E-state index contributed by atoms with van der Waals surface area (Å²) in [5.74, 6) is 0.971. The van der Waals surface area contributed by atoms with Crippen LogP contribution < -0.4 is 5.32 Å². The minimum Gasteiger partial charge on any atom is -0.382 e. The molecule has 1 N–H and O–H groups in total. The van der Waals surface area contributed by atoms with Gasteiger partial charge in [0.05, 0.1) is 0 Å². The molecule has 0 amide bonds. The zero-order chi connectivity index (χ0) is 10.8. The molecule has 1 atom stereocenters. The average Bonchev–Trinajstić information content (AvgIpc) is 2.95. The van der Waals surface area contributed by atoms with E-state index in [1.54, 1.807) is 0 Å². The lowest BCUT2D eigenvalue weighted by Gasteiger charge is -2.16. The Balaban J connectivity index is 1.98. The molecule has 15 heavy (non-hydrogen) atoms. The van der Waals surface area contributed by atoms with Crippen LogP contribution in [0.1, 0.15) is 26.2 Å². The van der Waals surface area contributed by atoms with Crippen molar-refractivity contribution >= 4 is 37.5 Å². The van der Waals surface area contributed by atoms with Crippen molar-refractivity contribution in [2.45, 2.75) is 32.2 Å². The van der Waals surface area contributed by atoms with Crippen LogP contribution in [0, 0.1) is 5.92 Å². The minimum absolute atomic E-state index is 0.558. The number of benzene rings is 1. The second-order valence-corrected chi connectivity index (χ2v) is 6.12. The fraction of sp³-hybridized carbons (Fsp3) is 0.500. The molecule has 1 fully saturated rings. The first-order valence-corrected chi connectivity index (χ1v) is 6.95. The molecule has 1 aromatic rings. The van der Waals surface area contributed by atoms with Crippen LogP contribution in [0.15, 0.2) is 27.1 Å². The molecule has 1 aromatic carbocycles. The Morgan fingerprint density at radius 2 is 2.13 bits per heavy atom. The standard InChI is InChI=1S/C12H15Br2N/c1-8(6-9-2-3-9)15-12-7-10(13)4-5-11(12)14/h4-5,7-9,15H,2-3,6H2,1H3. The molecule has 1 aliphatic carbocycles. The monoisotopic (exact) mass is 331 g/mol. The summed E-state index contributed by atoms with van der Waals surface area (Å²) in [5.41, 5.74) is 1.18. The van der Waals surface area contributed by atoms with Crippen molar-refractivity contribution in [1.82, 2.24) is 0 Å². The van der Waals surface area contributed by atoms with Gasteiger partial charge in [0.2, 0.25) is 0 Å². The fourth-order valence-corrected chi connectivity index (χ4v) is 2.51. The number of hydrogen-bond donors (Lipinski definition) is 1. The fourth-order valence-electron chi connectivity index (χ4n) is 1.79. The third-order valence-corrected chi connectivity index (χ3v) is 3.90. The van der Waals surface area contributed by atoms with Crippen molar-refractivity contribution in [2.75, 3.05) is 5.32 Å². The zero-order valence-electron chi connectivity index (χ0n) is 8.76. The highest BCUT2D eigenvalue weighted by Crippen LogP contribution is 2.35. The van der Waals surface area contributed by atoms with Crippen LogP contribution in [0.4, 0.5) is 5.69 Å². The molecular weight excluding hydrogens is 318 g/mol. The number of anilines is 1. The first-order valence-electron chi connectivity index (χ1n) is 5.37. The average molecular weight is 333 g/mol. The normalized spacial score (nSPS) is 17.5. The van der Waals surface area contributed by atoms with Gasteiger partial charge in [-0.1, -0.05) is 28.8 Å². The molecule has 0 aliphatic heterocycles. The zero-order valence-corrected chi connectivity index (χ0v) is 11.9. The smallest absolute Gasteiger partial charge is 0.0497 e. The van der Waals surface area contributed by atoms with Gasteiger partial charge in [0.25, 0.3) is 0 Å². The van der Waals surface area contributed by atoms with E-state index in [-0.39, 0.29) is 0 Å². The van der Waals surface area contributed by atoms with Gasteiger partial charge in [-0.05, 0) is 53.4 Å². The van der Waals surface area contributed by atoms with E-state index >= 15 is 0 Å². The first-order chi connectivity index (χ1) is 7.15. The molecule has 2 rings (SSSR count). The molecule has 1 aliphatic rings. The van der Waals surface area contributed by atoms with Crippen LogP contribution >= 0.6 is 31.9 Å². The Morgan fingerprint density at radius 1 is 1.40 bits per heavy atom. The molecule has 3 heteroatoms. The number of halogens is 2. The second kappa shape index (κ2) is 4.88. The highest BCUT2D eigenvalue weighted by atomic mass is 79.9.